The van der Waals surface area contributed by atoms with E-state index in [-0.39, 0.29) is 11.9 Å². The van der Waals surface area contributed by atoms with Crippen molar-refractivity contribution in [2.45, 2.75) is 30.6 Å². The third-order valence-electron chi connectivity index (χ3n) is 5.69. The monoisotopic (exact) mass is 405 g/mol. The number of hydrogen-bond acceptors (Lipinski definition) is 4. The number of benzene rings is 2. The molecule has 150 valence electrons. The summed E-state index contributed by atoms with van der Waals surface area (Å²) in [6, 6.07) is 18.9. The molecule has 0 spiro atoms. The SMILES string of the molecule is O=C(Cc1cccnc1)N(CCc1cccc2ccccc12)CC1NCCC1S. The fraction of sp³-hybridized carbons (Fsp3) is 0.333. The lowest BCUT2D eigenvalue weighted by molar-refractivity contribution is -0.130. The number of nitrogens with zero attached hydrogens (tertiary/aromatic N) is 2. The number of carbonyl (C=O) groups excluding carboxylic acids is 1. The second kappa shape index (κ2) is 9.42. The molecule has 1 amide bonds. The van der Waals surface area contributed by atoms with Gasteiger partial charge in [-0.25, -0.2) is 0 Å². The Morgan fingerprint density at radius 3 is 2.79 bits per heavy atom. The summed E-state index contributed by atoms with van der Waals surface area (Å²) in [7, 11) is 0. The molecule has 0 radical (unpaired) electrons. The second-order valence-corrected chi connectivity index (χ2v) is 8.35. The van der Waals surface area contributed by atoms with Gasteiger partial charge in [0.25, 0.3) is 0 Å². The largest absolute Gasteiger partial charge is 0.340 e. The summed E-state index contributed by atoms with van der Waals surface area (Å²) in [6.45, 7) is 2.36. The Kier molecular flexibility index (Phi) is 6.47. The molecule has 2 aromatic carbocycles. The topological polar surface area (TPSA) is 45.2 Å². The van der Waals surface area contributed by atoms with Gasteiger partial charge in [-0.2, -0.15) is 12.6 Å². The van der Waals surface area contributed by atoms with Crippen molar-refractivity contribution in [3.05, 3.63) is 78.1 Å². The van der Waals surface area contributed by atoms with E-state index in [0.29, 0.717) is 24.8 Å². The first-order valence-corrected chi connectivity index (χ1v) is 10.8. The van der Waals surface area contributed by atoms with Gasteiger partial charge in [0.05, 0.1) is 6.42 Å². The predicted octanol–water partition coefficient (Wildman–Crippen LogP) is 3.51. The standard InChI is InChI=1S/C24H27N3OS/c28-24(15-18-5-4-12-25-16-18)27(17-22-23(29)10-13-26-22)14-11-20-8-3-7-19-6-1-2-9-21(19)20/h1-9,12,16,22-23,26,29H,10-11,13-15,17H2. The van der Waals surface area contributed by atoms with Gasteiger partial charge in [0, 0.05) is 36.8 Å². The molecule has 1 aliphatic heterocycles. The average molecular weight is 406 g/mol. The van der Waals surface area contributed by atoms with Gasteiger partial charge < -0.3 is 10.2 Å². The van der Waals surface area contributed by atoms with Crippen molar-refractivity contribution < 1.29 is 4.79 Å². The van der Waals surface area contributed by atoms with E-state index in [4.69, 9.17) is 12.6 Å². The van der Waals surface area contributed by atoms with Crippen LogP contribution in [0.15, 0.2) is 67.0 Å². The normalized spacial score (nSPS) is 18.8. The summed E-state index contributed by atoms with van der Waals surface area (Å²) in [5.74, 6) is 0.146. The average Bonchev–Trinajstić information content (AvgIpc) is 3.16. The van der Waals surface area contributed by atoms with E-state index in [9.17, 15) is 4.79 Å². The lowest BCUT2D eigenvalue weighted by Gasteiger charge is -2.28. The van der Waals surface area contributed by atoms with Gasteiger partial charge in [-0.3, -0.25) is 9.78 Å². The van der Waals surface area contributed by atoms with Crippen LogP contribution >= 0.6 is 12.6 Å². The van der Waals surface area contributed by atoms with Crippen molar-refractivity contribution in [3.63, 3.8) is 0 Å². The van der Waals surface area contributed by atoms with Crippen molar-refractivity contribution >= 4 is 29.3 Å². The summed E-state index contributed by atoms with van der Waals surface area (Å²) >= 11 is 4.71. The van der Waals surface area contributed by atoms with Crippen LogP contribution in [0.3, 0.4) is 0 Å². The molecular formula is C24H27N3OS. The van der Waals surface area contributed by atoms with Crippen LogP contribution in [0.2, 0.25) is 0 Å². The Bertz CT molecular complexity index is 957. The van der Waals surface area contributed by atoms with Gasteiger partial charge in [0.15, 0.2) is 0 Å². The second-order valence-electron chi connectivity index (χ2n) is 7.68. The van der Waals surface area contributed by atoms with Crippen LogP contribution in [0, 0.1) is 0 Å². The number of hydrogen-bond donors (Lipinski definition) is 2. The van der Waals surface area contributed by atoms with Gasteiger partial charge in [0.1, 0.15) is 0 Å². The third-order valence-corrected chi connectivity index (χ3v) is 6.31. The minimum absolute atomic E-state index is 0.146. The zero-order valence-electron chi connectivity index (χ0n) is 16.5. The summed E-state index contributed by atoms with van der Waals surface area (Å²) < 4.78 is 0. The minimum atomic E-state index is 0.146. The Morgan fingerprint density at radius 1 is 1.14 bits per heavy atom. The molecule has 0 bridgehead atoms. The summed E-state index contributed by atoms with van der Waals surface area (Å²) in [4.78, 5) is 19.3. The van der Waals surface area contributed by atoms with Gasteiger partial charge >= 0.3 is 0 Å². The van der Waals surface area contributed by atoms with Crippen LogP contribution in [-0.2, 0) is 17.6 Å². The molecule has 1 saturated heterocycles. The summed E-state index contributed by atoms with van der Waals surface area (Å²) in [6.07, 6.45) is 5.77. The fourth-order valence-corrected chi connectivity index (χ4v) is 4.38. The molecule has 5 heteroatoms. The summed E-state index contributed by atoms with van der Waals surface area (Å²) in [5, 5.41) is 6.30. The first kappa shape index (κ1) is 19.9. The number of pyridine rings is 1. The number of rotatable bonds is 7. The number of fused-ring (bicyclic) bond motifs is 1. The maximum Gasteiger partial charge on any atom is 0.227 e. The molecule has 2 unspecified atom stereocenters. The molecule has 1 fully saturated rings. The van der Waals surface area contributed by atoms with Crippen LogP contribution in [0.4, 0.5) is 0 Å². The molecule has 0 aliphatic carbocycles. The van der Waals surface area contributed by atoms with E-state index >= 15 is 0 Å². The zero-order chi connectivity index (χ0) is 20.1. The van der Waals surface area contributed by atoms with E-state index in [1.54, 1.807) is 12.4 Å². The van der Waals surface area contributed by atoms with E-state index in [1.165, 1.54) is 16.3 Å². The Hall–Kier alpha value is -2.37. The highest BCUT2D eigenvalue weighted by Crippen LogP contribution is 2.20. The van der Waals surface area contributed by atoms with Crippen molar-refractivity contribution in [1.82, 2.24) is 15.2 Å². The lowest BCUT2D eigenvalue weighted by Crippen LogP contribution is -2.45. The molecule has 4 nitrogen and oxygen atoms in total. The van der Waals surface area contributed by atoms with Crippen LogP contribution in [0.5, 0.6) is 0 Å². The summed E-state index contributed by atoms with van der Waals surface area (Å²) in [5.41, 5.74) is 2.23. The van der Waals surface area contributed by atoms with E-state index in [2.05, 4.69) is 52.8 Å². The molecule has 4 rings (SSSR count). The molecule has 0 saturated carbocycles. The third kappa shape index (κ3) is 4.98. The van der Waals surface area contributed by atoms with Crippen LogP contribution in [0.1, 0.15) is 17.5 Å². The molecule has 29 heavy (non-hydrogen) atoms. The maximum atomic E-state index is 13.1. The quantitative estimate of drug-likeness (QED) is 0.592. The van der Waals surface area contributed by atoms with Crippen LogP contribution < -0.4 is 5.32 Å². The molecule has 2 atom stereocenters. The lowest BCUT2D eigenvalue weighted by atomic mass is 10.0. The van der Waals surface area contributed by atoms with Gasteiger partial charge in [-0.05, 0) is 47.4 Å². The first-order chi connectivity index (χ1) is 14.2. The van der Waals surface area contributed by atoms with E-state index < -0.39 is 0 Å². The predicted molar refractivity (Wildman–Crippen MR) is 121 cm³/mol. The van der Waals surface area contributed by atoms with E-state index in [1.807, 2.05) is 17.0 Å². The number of carbonyl (C=O) groups is 1. The highest BCUT2D eigenvalue weighted by molar-refractivity contribution is 7.81. The number of aromatic nitrogens is 1. The van der Waals surface area contributed by atoms with Gasteiger partial charge in [-0.15, -0.1) is 0 Å². The molecular weight excluding hydrogens is 378 g/mol. The highest BCUT2D eigenvalue weighted by atomic mass is 32.1. The molecule has 3 aromatic rings. The number of thiol groups is 1. The van der Waals surface area contributed by atoms with Crippen molar-refractivity contribution in [1.29, 1.82) is 0 Å². The maximum absolute atomic E-state index is 13.1. The molecule has 1 N–H and O–H groups in total. The van der Waals surface area contributed by atoms with Crippen LogP contribution in [-0.4, -0.2) is 46.7 Å². The molecule has 1 aromatic heterocycles. The van der Waals surface area contributed by atoms with Crippen molar-refractivity contribution in [3.8, 4) is 0 Å². The molecule has 1 aliphatic rings. The highest BCUT2D eigenvalue weighted by Gasteiger charge is 2.27. The Morgan fingerprint density at radius 2 is 2.00 bits per heavy atom. The van der Waals surface area contributed by atoms with Crippen LogP contribution in [0.25, 0.3) is 10.8 Å². The smallest absolute Gasteiger partial charge is 0.227 e. The zero-order valence-corrected chi connectivity index (χ0v) is 17.4. The number of amides is 1. The Labute approximate surface area is 177 Å². The van der Waals surface area contributed by atoms with E-state index in [0.717, 1.165) is 24.9 Å². The van der Waals surface area contributed by atoms with Crippen molar-refractivity contribution in [2.75, 3.05) is 19.6 Å². The Balaban J connectivity index is 1.50. The van der Waals surface area contributed by atoms with Crippen molar-refractivity contribution in [2.24, 2.45) is 0 Å². The molecule has 2 heterocycles. The van der Waals surface area contributed by atoms with Gasteiger partial charge in [0.2, 0.25) is 5.91 Å². The first-order valence-electron chi connectivity index (χ1n) is 10.3. The minimum Gasteiger partial charge on any atom is -0.340 e. The number of nitrogens with one attached hydrogen (secondary N) is 1. The van der Waals surface area contributed by atoms with Gasteiger partial charge in [-0.1, -0.05) is 48.5 Å². The fourth-order valence-electron chi connectivity index (χ4n) is 4.05.